The molecule has 0 amide bonds. The van der Waals surface area contributed by atoms with Gasteiger partial charge in [0.2, 0.25) is 0 Å². The number of rotatable bonds is 9. The molecule has 0 spiro atoms. The van der Waals surface area contributed by atoms with Crippen LogP contribution in [0.3, 0.4) is 0 Å². The minimum atomic E-state index is -0.948. The third kappa shape index (κ3) is 6.21. The summed E-state index contributed by atoms with van der Waals surface area (Å²) >= 11 is 0. The summed E-state index contributed by atoms with van der Waals surface area (Å²) in [5.41, 5.74) is 1.19. The molecule has 1 aliphatic rings. The van der Waals surface area contributed by atoms with E-state index in [2.05, 4.69) is 43.0 Å². The van der Waals surface area contributed by atoms with E-state index in [1.54, 1.807) is 7.11 Å². The van der Waals surface area contributed by atoms with Crippen LogP contribution < -0.4 is 4.74 Å². The van der Waals surface area contributed by atoms with Gasteiger partial charge < -0.3 is 14.6 Å². The van der Waals surface area contributed by atoms with Gasteiger partial charge in [-0.25, -0.2) is 0 Å². The molecule has 0 saturated carbocycles. The van der Waals surface area contributed by atoms with E-state index in [0.717, 1.165) is 57.0 Å². The fraction of sp³-hybridized carbons (Fsp3) is 0.520. The summed E-state index contributed by atoms with van der Waals surface area (Å²) in [6.45, 7) is 8.58. The first-order chi connectivity index (χ1) is 14.0. The van der Waals surface area contributed by atoms with Gasteiger partial charge in [0.25, 0.3) is 0 Å². The fourth-order valence-electron chi connectivity index (χ4n) is 4.17. The zero-order chi connectivity index (χ0) is 20.7. The summed E-state index contributed by atoms with van der Waals surface area (Å²) < 4.78 is 10.9. The van der Waals surface area contributed by atoms with Crippen molar-refractivity contribution in [1.82, 2.24) is 4.90 Å². The van der Waals surface area contributed by atoms with Crippen molar-refractivity contribution in [2.45, 2.75) is 38.2 Å². The molecule has 30 heavy (non-hydrogen) atoms. The molecule has 3 rings (SSSR count). The highest BCUT2D eigenvalue weighted by Crippen LogP contribution is 2.42. The molecule has 1 aliphatic heterocycles. The lowest BCUT2D eigenvalue weighted by Crippen LogP contribution is -2.45. The number of ether oxygens (including phenoxy) is 2. The molecule has 1 heterocycles. The van der Waals surface area contributed by atoms with Crippen LogP contribution in [0.15, 0.2) is 54.6 Å². The number of methoxy groups -OCH3 is 1. The Bertz CT molecular complexity index is 732. The summed E-state index contributed by atoms with van der Waals surface area (Å²) in [6.07, 6.45) is 1.69. The monoisotopic (exact) mass is 433 g/mol. The third-order valence-corrected chi connectivity index (χ3v) is 6.02. The van der Waals surface area contributed by atoms with E-state index in [4.69, 9.17) is 9.47 Å². The predicted molar refractivity (Wildman–Crippen MR) is 125 cm³/mol. The maximum atomic E-state index is 12.2. The lowest BCUT2D eigenvalue weighted by Gasteiger charge is -2.41. The number of morpholine rings is 1. The molecule has 0 bridgehead atoms. The van der Waals surface area contributed by atoms with Crippen molar-refractivity contribution in [1.29, 1.82) is 0 Å². The van der Waals surface area contributed by atoms with Gasteiger partial charge in [0.15, 0.2) is 0 Å². The molecule has 1 fully saturated rings. The average molecular weight is 434 g/mol. The predicted octanol–water partition coefficient (Wildman–Crippen LogP) is 4.86. The maximum absolute atomic E-state index is 12.2. The molecular formula is C25H36ClNO3. The van der Waals surface area contributed by atoms with Crippen molar-refractivity contribution < 1.29 is 14.6 Å². The van der Waals surface area contributed by atoms with Crippen molar-refractivity contribution >= 4 is 12.4 Å². The second-order valence-corrected chi connectivity index (χ2v) is 8.46. The number of aliphatic hydroxyl groups is 1. The molecule has 2 atom stereocenters. The van der Waals surface area contributed by atoms with Gasteiger partial charge in [0, 0.05) is 25.6 Å². The van der Waals surface area contributed by atoms with Crippen molar-refractivity contribution in [3.05, 3.63) is 65.7 Å². The van der Waals surface area contributed by atoms with E-state index >= 15 is 0 Å². The van der Waals surface area contributed by atoms with Crippen LogP contribution in [0.1, 0.15) is 43.7 Å². The van der Waals surface area contributed by atoms with E-state index in [9.17, 15) is 5.11 Å². The Morgan fingerprint density at radius 2 is 1.67 bits per heavy atom. The molecule has 2 aromatic carbocycles. The molecular weight excluding hydrogens is 398 g/mol. The molecule has 0 aliphatic carbocycles. The molecule has 1 N–H and O–H groups in total. The lowest BCUT2D eigenvalue weighted by atomic mass is 9.73. The topological polar surface area (TPSA) is 41.9 Å². The standard InChI is InChI=1S/C25H35NO3.ClH/c1-20(2)13-14-25(27,22-9-11-23(28-3)12-10-22)24(21-7-5-4-6-8-21)19-26-15-17-29-18-16-26;/h4-12,20,24,27H,13-19H2,1-3H3;1H. The summed E-state index contributed by atoms with van der Waals surface area (Å²) in [5, 5.41) is 12.2. The molecule has 0 aromatic heterocycles. The highest BCUT2D eigenvalue weighted by Gasteiger charge is 2.40. The van der Waals surface area contributed by atoms with Crippen LogP contribution >= 0.6 is 12.4 Å². The van der Waals surface area contributed by atoms with Gasteiger partial charge in [-0.2, -0.15) is 0 Å². The van der Waals surface area contributed by atoms with Crippen molar-refractivity contribution in [2.24, 2.45) is 5.92 Å². The number of halogens is 1. The van der Waals surface area contributed by atoms with Crippen LogP contribution in [0.25, 0.3) is 0 Å². The molecule has 2 unspecified atom stereocenters. The largest absolute Gasteiger partial charge is 0.497 e. The van der Waals surface area contributed by atoms with E-state index in [0.29, 0.717) is 5.92 Å². The average Bonchev–Trinajstić information content (AvgIpc) is 2.77. The number of hydrogen-bond donors (Lipinski definition) is 1. The van der Waals surface area contributed by atoms with Crippen LogP contribution in [-0.4, -0.2) is 50.0 Å². The second-order valence-electron chi connectivity index (χ2n) is 8.46. The molecule has 1 saturated heterocycles. The van der Waals surface area contributed by atoms with Gasteiger partial charge in [-0.1, -0.05) is 56.3 Å². The first-order valence-corrected chi connectivity index (χ1v) is 10.7. The van der Waals surface area contributed by atoms with Crippen molar-refractivity contribution in [2.75, 3.05) is 40.0 Å². The van der Waals surface area contributed by atoms with E-state index in [-0.39, 0.29) is 18.3 Å². The Labute approximate surface area is 187 Å². The zero-order valence-electron chi connectivity index (χ0n) is 18.4. The van der Waals surface area contributed by atoms with Crippen molar-refractivity contribution in [3.63, 3.8) is 0 Å². The first-order valence-electron chi connectivity index (χ1n) is 10.7. The van der Waals surface area contributed by atoms with Gasteiger partial charge in [-0.3, -0.25) is 4.90 Å². The van der Waals surface area contributed by atoms with E-state index in [1.807, 2.05) is 30.3 Å². The second kappa shape index (κ2) is 11.7. The maximum Gasteiger partial charge on any atom is 0.118 e. The Balaban J connectivity index is 0.00000320. The lowest BCUT2D eigenvalue weighted by molar-refractivity contribution is -0.0311. The Morgan fingerprint density at radius 1 is 1.03 bits per heavy atom. The summed E-state index contributed by atoms with van der Waals surface area (Å²) in [5.74, 6) is 1.32. The zero-order valence-corrected chi connectivity index (χ0v) is 19.2. The van der Waals surface area contributed by atoms with E-state index < -0.39 is 5.60 Å². The minimum Gasteiger partial charge on any atom is -0.497 e. The molecule has 166 valence electrons. The number of benzene rings is 2. The molecule has 4 nitrogen and oxygen atoms in total. The molecule has 5 heteroatoms. The van der Waals surface area contributed by atoms with Crippen LogP contribution in [0.5, 0.6) is 5.75 Å². The fourth-order valence-corrected chi connectivity index (χ4v) is 4.17. The van der Waals surface area contributed by atoms with Crippen molar-refractivity contribution in [3.8, 4) is 5.75 Å². The van der Waals surface area contributed by atoms with Gasteiger partial charge in [0.1, 0.15) is 5.75 Å². The highest BCUT2D eigenvalue weighted by atomic mass is 35.5. The number of nitrogens with zero attached hydrogens (tertiary/aromatic N) is 1. The first kappa shape index (κ1) is 24.7. The van der Waals surface area contributed by atoms with E-state index in [1.165, 1.54) is 5.56 Å². The minimum absolute atomic E-state index is 0. The number of hydrogen-bond acceptors (Lipinski definition) is 4. The Hall–Kier alpha value is -1.59. The highest BCUT2D eigenvalue weighted by molar-refractivity contribution is 5.85. The quantitative estimate of drug-likeness (QED) is 0.613. The Morgan fingerprint density at radius 3 is 2.23 bits per heavy atom. The summed E-state index contributed by atoms with van der Waals surface area (Å²) in [7, 11) is 1.67. The normalized spacial score (nSPS) is 17.8. The van der Waals surface area contributed by atoms with Crippen LogP contribution in [0.4, 0.5) is 0 Å². The summed E-state index contributed by atoms with van der Waals surface area (Å²) in [6, 6.07) is 18.4. The third-order valence-electron chi connectivity index (χ3n) is 6.02. The van der Waals surface area contributed by atoms with Crippen LogP contribution in [-0.2, 0) is 10.3 Å². The molecule has 0 radical (unpaired) electrons. The molecule has 2 aromatic rings. The van der Waals surface area contributed by atoms with Gasteiger partial charge in [0.05, 0.1) is 25.9 Å². The Kier molecular flexibility index (Phi) is 9.63. The summed E-state index contributed by atoms with van der Waals surface area (Å²) in [4.78, 5) is 2.42. The SMILES string of the molecule is COc1ccc(C(O)(CCC(C)C)C(CN2CCOCC2)c2ccccc2)cc1.Cl. The van der Waals surface area contributed by atoms with Gasteiger partial charge in [-0.15, -0.1) is 12.4 Å². The van der Waals surface area contributed by atoms with Crippen LogP contribution in [0, 0.1) is 5.92 Å². The van der Waals surface area contributed by atoms with Gasteiger partial charge >= 0.3 is 0 Å². The van der Waals surface area contributed by atoms with Crippen LogP contribution in [0.2, 0.25) is 0 Å². The smallest absolute Gasteiger partial charge is 0.118 e. The van der Waals surface area contributed by atoms with Gasteiger partial charge in [-0.05, 0) is 42.0 Å².